The Morgan fingerprint density at radius 2 is 2.03 bits per heavy atom. The largest absolute Gasteiger partial charge is 0.317 e. The third-order valence-corrected chi connectivity index (χ3v) is 6.10. The van der Waals surface area contributed by atoms with E-state index in [0.717, 1.165) is 39.3 Å². The number of hydrogen-bond donors (Lipinski definition) is 1. The van der Waals surface area contributed by atoms with Crippen LogP contribution in [0.1, 0.15) is 66.7 Å². The first-order valence-corrected chi connectivity index (χ1v) is 11.0. The summed E-state index contributed by atoms with van der Waals surface area (Å²) in [5.41, 5.74) is 6.50. The molecule has 2 aliphatic carbocycles. The molecule has 0 bridgehead atoms. The number of nitrogens with one attached hydrogen (secondary N) is 1. The highest BCUT2D eigenvalue weighted by Crippen LogP contribution is 2.39. The smallest absolute Gasteiger partial charge is 0.251 e. The lowest BCUT2D eigenvalue weighted by Gasteiger charge is -2.34. The van der Waals surface area contributed by atoms with Crippen molar-refractivity contribution >= 4 is 17.2 Å². The van der Waals surface area contributed by atoms with Gasteiger partial charge in [-0.2, -0.15) is 5.10 Å². The maximum absolute atomic E-state index is 11.9. The third kappa shape index (κ3) is 4.63. The summed E-state index contributed by atoms with van der Waals surface area (Å²) in [5, 5.41) is 7.12. The van der Waals surface area contributed by atoms with Gasteiger partial charge in [0.15, 0.2) is 0 Å². The number of aryl methyl sites for hydroxylation is 1. The average Bonchev–Trinajstić information content (AvgIpc) is 3.53. The van der Waals surface area contributed by atoms with Crippen molar-refractivity contribution in [3.05, 3.63) is 71.6 Å². The highest BCUT2D eigenvalue weighted by molar-refractivity contribution is 5.83. The summed E-state index contributed by atoms with van der Waals surface area (Å²) in [4.78, 5) is 9.33. The lowest BCUT2D eigenvalue weighted by molar-refractivity contribution is -0.0910. The molecule has 0 aliphatic heterocycles. The van der Waals surface area contributed by atoms with Crippen molar-refractivity contribution in [2.75, 3.05) is 7.05 Å². The van der Waals surface area contributed by atoms with Gasteiger partial charge in [-0.25, -0.2) is 23.3 Å². The van der Waals surface area contributed by atoms with Gasteiger partial charge in [-0.3, -0.25) is 0 Å². The van der Waals surface area contributed by atoms with E-state index in [2.05, 4.69) is 54.0 Å². The number of aromatic nitrogens is 4. The van der Waals surface area contributed by atoms with Crippen LogP contribution in [0.3, 0.4) is 0 Å². The lowest BCUT2D eigenvalue weighted by atomic mass is 9.88. The van der Waals surface area contributed by atoms with E-state index in [4.69, 9.17) is 4.98 Å². The van der Waals surface area contributed by atoms with Crippen LogP contribution in [0.15, 0.2) is 43.4 Å². The Hall–Kier alpha value is -2.93. The predicted molar refractivity (Wildman–Crippen MR) is 124 cm³/mol. The zero-order chi connectivity index (χ0) is 22.9. The molecule has 2 saturated carbocycles. The van der Waals surface area contributed by atoms with E-state index in [9.17, 15) is 8.78 Å². The van der Waals surface area contributed by atoms with E-state index in [1.54, 1.807) is 7.05 Å². The van der Waals surface area contributed by atoms with E-state index >= 15 is 0 Å². The van der Waals surface area contributed by atoms with E-state index in [1.165, 1.54) is 12.8 Å². The van der Waals surface area contributed by atoms with Crippen molar-refractivity contribution in [2.24, 2.45) is 0 Å². The number of hydrogen-bond acceptors (Lipinski definition) is 4. The number of rotatable bonds is 5. The molecule has 0 aromatic carbocycles. The van der Waals surface area contributed by atoms with Crippen molar-refractivity contribution < 1.29 is 8.78 Å². The van der Waals surface area contributed by atoms with Crippen LogP contribution in [0.2, 0.25) is 0 Å². The molecule has 1 N–H and O–H groups in total. The molecule has 3 aromatic rings. The molecule has 0 radical (unpaired) electrons. The first-order valence-electron chi connectivity index (χ1n) is 11.0. The zero-order valence-electron chi connectivity index (χ0n) is 18.8. The highest BCUT2D eigenvalue weighted by Gasteiger charge is 2.44. The van der Waals surface area contributed by atoms with Gasteiger partial charge in [0.1, 0.15) is 5.82 Å². The normalized spacial score (nSPS) is 18.1. The van der Waals surface area contributed by atoms with Gasteiger partial charge >= 0.3 is 0 Å². The van der Waals surface area contributed by atoms with Gasteiger partial charge in [0.2, 0.25) is 0 Å². The monoisotopic (exact) mass is 437 g/mol. The first-order chi connectivity index (χ1) is 15.3. The molecular weight excluding hydrogens is 408 g/mol. The van der Waals surface area contributed by atoms with Crippen LogP contribution in [-0.2, 0) is 0 Å². The molecule has 0 spiro atoms. The molecule has 3 aromatic heterocycles. The molecule has 2 fully saturated rings. The maximum atomic E-state index is 11.9. The number of fused-ring (bicyclic) bond motifs is 1. The molecule has 3 heterocycles. The molecule has 2 aliphatic rings. The second-order valence-electron chi connectivity index (χ2n) is 8.50. The van der Waals surface area contributed by atoms with Crippen molar-refractivity contribution in [3.8, 4) is 0 Å². The van der Waals surface area contributed by atoms with Gasteiger partial charge < -0.3 is 5.32 Å². The summed E-state index contributed by atoms with van der Waals surface area (Å²) in [6.07, 6.45) is 12.2. The quantitative estimate of drug-likeness (QED) is 0.580. The minimum Gasteiger partial charge on any atom is -0.317 e. The zero-order valence-corrected chi connectivity index (χ0v) is 18.8. The van der Waals surface area contributed by atoms with Crippen LogP contribution >= 0.6 is 0 Å². The molecule has 0 atom stereocenters. The summed E-state index contributed by atoms with van der Waals surface area (Å²) in [7, 11) is 1.71. The minimum absolute atomic E-state index is 0.0174. The predicted octanol–water partition coefficient (Wildman–Crippen LogP) is 5.41. The Bertz CT molecular complexity index is 1150. The summed E-state index contributed by atoms with van der Waals surface area (Å²) < 4.78 is 25.7. The summed E-state index contributed by atoms with van der Waals surface area (Å²) in [5.74, 6) is -0.801. The number of halogens is 2. The molecule has 5 rings (SSSR count). The highest BCUT2D eigenvalue weighted by atomic mass is 19.3. The third-order valence-electron chi connectivity index (χ3n) is 6.10. The van der Waals surface area contributed by atoms with Crippen LogP contribution in [0.5, 0.6) is 0 Å². The van der Waals surface area contributed by atoms with Gasteiger partial charge in [-0.1, -0.05) is 18.7 Å². The van der Waals surface area contributed by atoms with E-state index in [1.807, 2.05) is 29.2 Å². The van der Waals surface area contributed by atoms with Crippen LogP contribution in [0.4, 0.5) is 8.78 Å². The molecule has 0 amide bonds. The Morgan fingerprint density at radius 1 is 1.28 bits per heavy atom. The molecule has 32 heavy (non-hydrogen) atoms. The molecule has 168 valence electrons. The number of pyridine rings is 1. The van der Waals surface area contributed by atoms with Crippen molar-refractivity contribution in [1.82, 2.24) is 24.9 Å². The van der Waals surface area contributed by atoms with E-state index in [0.29, 0.717) is 5.92 Å². The Balaban J connectivity index is 0.000000260. The lowest BCUT2D eigenvalue weighted by Crippen LogP contribution is -2.46. The molecule has 5 nitrogen and oxygen atoms in total. The van der Waals surface area contributed by atoms with E-state index in [-0.39, 0.29) is 18.9 Å². The van der Waals surface area contributed by atoms with Crippen LogP contribution in [0.25, 0.3) is 17.2 Å². The summed E-state index contributed by atoms with van der Waals surface area (Å²) in [6.45, 7) is 7.99. The number of nitrogens with zero attached hydrogens (tertiary/aromatic N) is 4. The summed E-state index contributed by atoms with van der Waals surface area (Å²) in [6, 6.07) is 4.29. The van der Waals surface area contributed by atoms with Gasteiger partial charge in [0.05, 0.1) is 11.7 Å². The number of alkyl halides is 2. The Labute approximate surface area is 187 Å². The molecule has 0 unspecified atom stereocenters. The van der Waals surface area contributed by atoms with E-state index < -0.39 is 5.92 Å². The van der Waals surface area contributed by atoms with Crippen molar-refractivity contribution in [3.63, 3.8) is 0 Å². The Kier molecular flexibility index (Phi) is 6.20. The number of allylic oxidation sites excluding steroid dienone is 1. The molecular formula is C25H29F2N5. The van der Waals surface area contributed by atoms with Gasteiger partial charge in [0, 0.05) is 54.0 Å². The minimum atomic E-state index is -2.37. The topological polar surface area (TPSA) is 55.1 Å². The van der Waals surface area contributed by atoms with Crippen LogP contribution < -0.4 is 5.32 Å². The van der Waals surface area contributed by atoms with Gasteiger partial charge in [-0.15, -0.1) is 0 Å². The second kappa shape index (κ2) is 8.90. The second-order valence-corrected chi connectivity index (χ2v) is 8.50. The SMILES string of the molecule is C=Cc1cnn2ccc(/C(=C/C)c3cnc(C4CC4)nc3C)cc12.CNC1CC(F)(F)C1. The first kappa shape index (κ1) is 22.3. The van der Waals surface area contributed by atoms with Crippen LogP contribution in [0, 0.1) is 6.92 Å². The van der Waals surface area contributed by atoms with Gasteiger partial charge in [-0.05, 0) is 57.0 Å². The van der Waals surface area contributed by atoms with Gasteiger partial charge in [0.25, 0.3) is 5.92 Å². The van der Waals surface area contributed by atoms with Crippen LogP contribution in [-0.4, -0.2) is 38.6 Å². The molecule has 0 saturated heterocycles. The fourth-order valence-electron chi connectivity index (χ4n) is 3.96. The van der Waals surface area contributed by atoms with Crippen molar-refractivity contribution in [1.29, 1.82) is 0 Å². The standard InChI is InChI=1S/C20H20N4.C5H9F2N/c1-4-14-11-22-24-9-8-16(10-19(14)24)17(5-2)18-12-21-20(15-6-7-15)23-13(18)3;1-8-4-2-5(6,7)3-4/h4-5,8-12,15H,1,6-7H2,2-3H3;4,8H,2-3H2,1H3/b17-5-;. The fourth-order valence-corrected chi connectivity index (χ4v) is 3.96. The van der Waals surface area contributed by atoms with Crippen molar-refractivity contribution in [2.45, 2.75) is 57.4 Å². The fraction of sp³-hybridized carbons (Fsp3) is 0.400. The maximum Gasteiger partial charge on any atom is 0.251 e. The Morgan fingerprint density at radius 3 is 2.56 bits per heavy atom. The summed E-state index contributed by atoms with van der Waals surface area (Å²) >= 11 is 0. The molecule has 7 heteroatoms. The average molecular weight is 438 g/mol.